The van der Waals surface area contributed by atoms with Crippen LogP contribution < -0.4 is 5.32 Å². The molecule has 0 aliphatic carbocycles. The van der Waals surface area contributed by atoms with E-state index in [0.717, 1.165) is 41.4 Å². The van der Waals surface area contributed by atoms with Gasteiger partial charge < -0.3 is 5.32 Å². The smallest absolute Gasteiger partial charge is 0.130 e. The van der Waals surface area contributed by atoms with Gasteiger partial charge in [-0.1, -0.05) is 56.3 Å². The predicted molar refractivity (Wildman–Crippen MR) is 89.2 cm³/mol. The number of anilines is 1. The van der Waals surface area contributed by atoms with Gasteiger partial charge in [0.15, 0.2) is 0 Å². The van der Waals surface area contributed by atoms with Crippen LogP contribution in [0.1, 0.15) is 39.5 Å². The summed E-state index contributed by atoms with van der Waals surface area (Å²) in [6.45, 7) is 5.36. The number of hydrogen-bond acceptors (Lipinski definition) is 4. The van der Waals surface area contributed by atoms with Crippen LogP contribution in [0.2, 0.25) is 10.0 Å². The van der Waals surface area contributed by atoms with Gasteiger partial charge >= 0.3 is 0 Å². The molecule has 1 unspecified atom stereocenters. The Hall–Kier alpha value is -0.580. The van der Waals surface area contributed by atoms with Crippen molar-refractivity contribution in [2.24, 2.45) is 5.92 Å². The van der Waals surface area contributed by atoms with Gasteiger partial charge in [-0.25, -0.2) is 0 Å². The molecule has 0 fully saturated rings. The lowest BCUT2D eigenvalue weighted by Gasteiger charge is -2.17. The van der Waals surface area contributed by atoms with Crippen molar-refractivity contribution in [1.29, 1.82) is 0 Å². The van der Waals surface area contributed by atoms with E-state index < -0.39 is 0 Å². The van der Waals surface area contributed by atoms with E-state index in [9.17, 15) is 0 Å². The molecule has 0 saturated carbocycles. The first-order valence-corrected chi connectivity index (χ1v) is 8.50. The number of nitrogens with one attached hydrogen (secondary N) is 1. The van der Waals surface area contributed by atoms with Gasteiger partial charge in [0.2, 0.25) is 0 Å². The highest BCUT2D eigenvalue weighted by molar-refractivity contribution is 7.00. The Kier molecular flexibility index (Phi) is 5.87. The summed E-state index contributed by atoms with van der Waals surface area (Å²) in [5.41, 5.74) is 2.36. The van der Waals surface area contributed by atoms with Crippen LogP contribution in [0.15, 0.2) is 6.07 Å². The number of rotatable bonds is 7. The van der Waals surface area contributed by atoms with E-state index in [0.29, 0.717) is 16.0 Å². The highest BCUT2D eigenvalue weighted by atomic mass is 35.5. The van der Waals surface area contributed by atoms with Crippen LogP contribution in [0, 0.1) is 5.92 Å². The molecule has 0 saturated heterocycles. The molecule has 0 spiro atoms. The fraction of sp³-hybridized carbons (Fsp3) is 0.571. The summed E-state index contributed by atoms with van der Waals surface area (Å²) in [5.74, 6) is 0.656. The summed E-state index contributed by atoms with van der Waals surface area (Å²) in [6, 6.07) is 1.74. The number of benzene rings is 1. The Morgan fingerprint density at radius 1 is 1.20 bits per heavy atom. The highest BCUT2D eigenvalue weighted by Crippen LogP contribution is 2.35. The summed E-state index contributed by atoms with van der Waals surface area (Å²) in [5, 5.41) is 4.61. The zero-order valence-electron chi connectivity index (χ0n) is 11.7. The Morgan fingerprint density at radius 2 is 1.95 bits per heavy atom. The molecule has 0 bridgehead atoms. The van der Waals surface area contributed by atoms with Crippen LogP contribution in [-0.4, -0.2) is 15.3 Å². The predicted octanol–water partition coefficient (Wildman–Crippen LogP) is 5.63. The number of aromatic nitrogens is 2. The third kappa shape index (κ3) is 3.54. The van der Waals surface area contributed by atoms with Crippen molar-refractivity contribution in [3.63, 3.8) is 0 Å². The van der Waals surface area contributed by atoms with E-state index in [2.05, 4.69) is 27.9 Å². The molecular weight excluding hydrogens is 313 g/mol. The second-order valence-corrected chi connectivity index (χ2v) is 6.32. The van der Waals surface area contributed by atoms with Crippen LogP contribution in [0.25, 0.3) is 11.0 Å². The first kappa shape index (κ1) is 15.8. The van der Waals surface area contributed by atoms with E-state index in [4.69, 9.17) is 23.2 Å². The van der Waals surface area contributed by atoms with E-state index in [-0.39, 0.29) is 0 Å². The maximum absolute atomic E-state index is 6.29. The van der Waals surface area contributed by atoms with Crippen LogP contribution in [0.3, 0.4) is 0 Å². The van der Waals surface area contributed by atoms with Crippen molar-refractivity contribution in [1.82, 2.24) is 8.75 Å². The van der Waals surface area contributed by atoms with Crippen LogP contribution in [0.4, 0.5) is 5.69 Å². The number of unbranched alkanes of at least 4 members (excludes halogenated alkanes) is 1. The summed E-state index contributed by atoms with van der Waals surface area (Å²) >= 11 is 13.6. The topological polar surface area (TPSA) is 37.8 Å². The van der Waals surface area contributed by atoms with Gasteiger partial charge in [-0.3, -0.25) is 0 Å². The molecule has 1 aromatic heterocycles. The van der Waals surface area contributed by atoms with Crippen molar-refractivity contribution in [2.75, 3.05) is 11.9 Å². The molecule has 2 aromatic rings. The third-order valence-corrected chi connectivity index (χ3v) is 4.67. The molecule has 0 aliphatic heterocycles. The second-order valence-electron chi connectivity index (χ2n) is 4.97. The SMILES string of the molecule is CCCCC(CC)CNc1c(Cl)cc(Cl)c2nsnc12. The molecule has 1 atom stereocenters. The minimum absolute atomic E-state index is 0.558. The van der Waals surface area contributed by atoms with Gasteiger partial charge in [0.25, 0.3) is 0 Å². The van der Waals surface area contributed by atoms with Gasteiger partial charge in [-0.2, -0.15) is 8.75 Å². The molecule has 3 nitrogen and oxygen atoms in total. The normalized spacial score (nSPS) is 12.8. The average Bonchev–Trinajstić information content (AvgIpc) is 2.91. The Morgan fingerprint density at radius 3 is 2.65 bits per heavy atom. The lowest BCUT2D eigenvalue weighted by Crippen LogP contribution is -2.14. The molecule has 20 heavy (non-hydrogen) atoms. The second kappa shape index (κ2) is 7.43. The maximum atomic E-state index is 6.29. The lowest BCUT2D eigenvalue weighted by molar-refractivity contribution is 0.473. The van der Waals surface area contributed by atoms with Gasteiger partial charge in [0.1, 0.15) is 11.0 Å². The molecule has 0 radical (unpaired) electrons. The van der Waals surface area contributed by atoms with Gasteiger partial charge in [-0.15, -0.1) is 0 Å². The number of halogens is 2. The standard InChI is InChI=1S/C14H19Cl2N3S/c1-3-5-6-9(4-2)8-17-12-10(15)7-11(16)13-14(12)19-20-18-13/h7,9,17H,3-6,8H2,1-2H3. The fourth-order valence-electron chi connectivity index (χ4n) is 2.23. The van der Waals surface area contributed by atoms with Crippen molar-refractivity contribution in [3.05, 3.63) is 16.1 Å². The lowest BCUT2D eigenvalue weighted by atomic mass is 9.99. The van der Waals surface area contributed by atoms with Crippen LogP contribution >= 0.6 is 34.9 Å². The van der Waals surface area contributed by atoms with Gasteiger partial charge in [0.05, 0.1) is 27.5 Å². The fourth-order valence-corrected chi connectivity index (χ4v) is 3.41. The largest absolute Gasteiger partial charge is 0.382 e. The van der Waals surface area contributed by atoms with Crippen molar-refractivity contribution < 1.29 is 0 Å². The number of hydrogen-bond donors (Lipinski definition) is 1. The molecule has 0 aliphatic rings. The Labute approximate surface area is 134 Å². The average molecular weight is 332 g/mol. The molecule has 1 heterocycles. The van der Waals surface area contributed by atoms with Gasteiger partial charge in [-0.05, 0) is 18.4 Å². The molecule has 0 amide bonds. The van der Waals surface area contributed by atoms with E-state index in [1.54, 1.807) is 6.07 Å². The molecule has 110 valence electrons. The number of nitrogens with zero attached hydrogens (tertiary/aromatic N) is 2. The summed E-state index contributed by atoms with van der Waals surface area (Å²) in [4.78, 5) is 0. The van der Waals surface area contributed by atoms with Crippen LogP contribution in [0.5, 0.6) is 0 Å². The molecular formula is C14H19Cl2N3S. The van der Waals surface area contributed by atoms with Crippen LogP contribution in [-0.2, 0) is 0 Å². The van der Waals surface area contributed by atoms with Crippen molar-refractivity contribution in [2.45, 2.75) is 39.5 Å². The van der Waals surface area contributed by atoms with E-state index >= 15 is 0 Å². The molecule has 2 rings (SSSR count). The van der Waals surface area contributed by atoms with Crippen molar-refractivity contribution >= 4 is 51.7 Å². The van der Waals surface area contributed by atoms with Gasteiger partial charge in [0, 0.05) is 6.54 Å². The highest BCUT2D eigenvalue weighted by Gasteiger charge is 2.15. The maximum Gasteiger partial charge on any atom is 0.130 e. The summed E-state index contributed by atoms with van der Waals surface area (Å²) in [7, 11) is 0. The quantitative estimate of drug-likeness (QED) is 0.714. The Balaban J connectivity index is 2.15. The molecule has 1 aromatic carbocycles. The van der Waals surface area contributed by atoms with E-state index in [1.165, 1.54) is 19.3 Å². The third-order valence-electron chi connectivity index (χ3n) is 3.55. The summed E-state index contributed by atoms with van der Waals surface area (Å²) < 4.78 is 8.52. The first-order chi connectivity index (χ1) is 9.67. The van der Waals surface area contributed by atoms with E-state index in [1.807, 2.05) is 0 Å². The number of fused-ring (bicyclic) bond motifs is 1. The zero-order valence-corrected chi connectivity index (χ0v) is 14.1. The monoisotopic (exact) mass is 331 g/mol. The summed E-state index contributed by atoms with van der Waals surface area (Å²) in [6.07, 6.45) is 4.90. The molecule has 6 heteroatoms. The molecule has 1 N–H and O–H groups in total. The minimum atomic E-state index is 0.558. The van der Waals surface area contributed by atoms with Crippen molar-refractivity contribution in [3.8, 4) is 0 Å². The first-order valence-electron chi connectivity index (χ1n) is 7.01. The Bertz CT molecular complexity index is 571. The zero-order chi connectivity index (χ0) is 14.5. The minimum Gasteiger partial charge on any atom is -0.382 e.